The van der Waals surface area contributed by atoms with Crippen LogP contribution in [0.25, 0.3) is 0 Å². The van der Waals surface area contributed by atoms with Crippen LogP contribution in [0.2, 0.25) is 0 Å². The molecule has 0 spiro atoms. The summed E-state index contributed by atoms with van der Waals surface area (Å²) >= 11 is 0. The average molecular weight is 276 g/mol. The molecule has 21 heavy (non-hydrogen) atoms. The van der Waals surface area contributed by atoms with Crippen molar-refractivity contribution in [3.63, 3.8) is 0 Å². The molecule has 106 valence electrons. The van der Waals surface area contributed by atoms with E-state index in [2.05, 4.69) is 30.4 Å². The van der Waals surface area contributed by atoms with Crippen molar-refractivity contribution in [2.75, 3.05) is 0 Å². The smallest absolute Gasteiger partial charge is 0.154 e. The van der Waals surface area contributed by atoms with Crippen molar-refractivity contribution in [2.24, 2.45) is 5.41 Å². The van der Waals surface area contributed by atoms with E-state index in [1.165, 1.54) is 5.56 Å². The maximum absolute atomic E-state index is 9.68. The monoisotopic (exact) mass is 276 g/mol. The molecule has 0 fully saturated rings. The maximum atomic E-state index is 9.68. The molecule has 1 aromatic carbocycles. The first kappa shape index (κ1) is 15.1. The highest BCUT2D eigenvalue weighted by atomic mass is 14.5. The Kier molecular flexibility index (Phi) is 4.96. The van der Waals surface area contributed by atoms with Crippen LogP contribution in [0.5, 0.6) is 0 Å². The number of hydrogen-bond acceptors (Lipinski definition) is 2. The Labute approximate surface area is 127 Å². The van der Waals surface area contributed by atoms with Crippen LogP contribution in [-0.4, -0.2) is 0 Å². The number of nitriles is 2. The molecule has 0 bridgehead atoms. The van der Waals surface area contributed by atoms with Crippen molar-refractivity contribution in [1.82, 2.24) is 0 Å². The summed E-state index contributed by atoms with van der Waals surface area (Å²) in [4.78, 5) is 0. The number of aryl methyl sites for hydroxylation is 1. The highest BCUT2D eigenvalue weighted by molar-refractivity contribution is 5.34. The van der Waals surface area contributed by atoms with E-state index in [1.54, 1.807) is 0 Å². The molecule has 2 heteroatoms. The zero-order chi connectivity index (χ0) is 15.1. The van der Waals surface area contributed by atoms with Crippen LogP contribution < -0.4 is 0 Å². The van der Waals surface area contributed by atoms with E-state index in [9.17, 15) is 10.5 Å². The molecule has 0 saturated heterocycles. The minimum atomic E-state index is -0.993. The second-order valence-corrected chi connectivity index (χ2v) is 5.62. The SMILES string of the molecule is Cc1ccc(C2C/C=C/CC/C=C/CC2(C#N)C#N)cc1. The van der Waals surface area contributed by atoms with Gasteiger partial charge in [0.1, 0.15) is 0 Å². The van der Waals surface area contributed by atoms with E-state index in [4.69, 9.17) is 0 Å². The molecule has 1 aliphatic rings. The molecular weight excluding hydrogens is 256 g/mol. The quantitative estimate of drug-likeness (QED) is 0.692. The fourth-order valence-corrected chi connectivity index (χ4v) is 2.76. The zero-order valence-electron chi connectivity index (χ0n) is 12.4. The summed E-state index contributed by atoms with van der Waals surface area (Å²) in [5.74, 6) is -0.0906. The van der Waals surface area contributed by atoms with Crippen molar-refractivity contribution in [3.05, 3.63) is 59.7 Å². The lowest BCUT2D eigenvalue weighted by Gasteiger charge is -2.28. The normalized spacial score (nSPS) is 24.2. The van der Waals surface area contributed by atoms with E-state index < -0.39 is 5.41 Å². The topological polar surface area (TPSA) is 47.6 Å². The van der Waals surface area contributed by atoms with Gasteiger partial charge in [-0.2, -0.15) is 10.5 Å². The lowest BCUT2D eigenvalue weighted by molar-refractivity contribution is 0.414. The largest absolute Gasteiger partial charge is 0.197 e. The molecule has 0 radical (unpaired) electrons. The Balaban J connectivity index is 2.45. The predicted molar refractivity (Wildman–Crippen MR) is 84.3 cm³/mol. The summed E-state index contributed by atoms with van der Waals surface area (Å²) in [6, 6.07) is 12.8. The molecule has 0 heterocycles. The Morgan fingerprint density at radius 1 is 0.952 bits per heavy atom. The summed E-state index contributed by atoms with van der Waals surface area (Å²) in [6.07, 6.45) is 11.5. The van der Waals surface area contributed by atoms with Gasteiger partial charge >= 0.3 is 0 Å². The molecule has 1 atom stereocenters. The van der Waals surface area contributed by atoms with E-state index in [0.717, 1.165) is 24.8 Å². The Morgan fingerprint density at radius 3 is 2.19 bits per heavy atom. The lowest BCUT2D eigenvalue weighted by atomic mass is 9.70. The third kappa shape index (κ3) is 3.41. The highest BCUT2D eigenvalue weighted by Crippen LogP contribution is 2.41. The van der Waals surface area contributed by atoms with Crippen LogP contribution in [0.1, 0.15) is 42.7 Å². The molecule has 1 aromatic rings. The molecule has 0 N–H and O–H groups in total. The average Bonchev–Trinajstić information content (AvgIpc) is 2.53. The van der Waals surface area contributed by atoms with Crippen LogP contribution in [0.15, 0.2) is 48.6 Å². The van der Waals surface area contributed by atoms with Gasteiger partial charge in [0, 0.05) is 5.92 Å². The first-order valence-electron chi connectivity index (χ1n) is 7.41. The van der Waals surface area contributed by atoms with Crippen molar-refractivity contribution in [1.29, 1.82) is 10.5 Å². The first-order chi connectivity index (χ1) is 10.2. The number of rotatable bonds is 1. The fraction of sp³-hybridized carbons (Fsp3) is 0.368. The molecular formula is C19H20N2. The summed E-state index contributed by atoms with van der Waals surface area (Å²) in [5, 5.41) is 19.4. The van der Waals surface area contributed by atoms with Gasteiger partial charge in [0.2, 0.25) is 0 Å². The second-order valence-electron chi connectivity index (χ2n) is 5.62. The number of benzene rings is 1. The van der Waals surface area contributed by atoms with Gasteiger partial charge in [-0.3, -0.25) is 0 Å². The standard InChI is InChI=1S/C19H20N2/c1-16-9-11-17(12-10-16)18-8-6-4-2-3-5-7-13-19(18,14-20)15-21/h4-7,9-12,18H,2-3,8,13H2,1H3/b6-4+,7-5+. The lowest BCUT2D eigenvalue weighted by Crippen LogP contribution is -2.25. The molecule has 0 saturated carbocycles. The van der Waals surface area contributed by atoms with Gasteiger partial charge in [0.25, 0.3) is 0 Å². The van der Waals surface area contributed by atoms with Gasteiger partial charge in [-0.1, -0.05) is 54.1 Å². The predicted octanol–water partition coefficient (Wildman–Crippen LogP) is 4.80. The van der Waals surface area contributed by atoms with Crippen molar-refractivity contribution in [3.8, 4) is 12.1 Å². The Bertz CT molecular complexity index is 594. The van der Waals surface area contributed by atoms with E-state index >= 15 is 0 Å². The van der Waals surface area contributed by atoms with Crippen LogP contribution in [-0.2, 0) is 0 Å². The summed E-state index contributed by atoms with van der Waals surface area (Å²) in [6.45, 7) is 2.04. The molecule has 1 aliphatic carbocycles. The molecule has 1 unspecified atom stereocenters. The van der Waals surface area contributed by atoms with Gasteiger partial charge in [0.05, 0.1) is 12.1 Å². The summed E-state index contributed by atoms with van der Waals surface area (Å²) in [5.41, 5.74) is 1.27. The molecule has 2 rings (SSSR count). The zero-order valence-corrected chi connectivity index (χ0v) is 12.4. The summed E-state index contributed by atoms with van der Waals surface area (Å²) in [7, 11) is 0. The van der Waals surface area contributed by atoms with Crippen LogP contribution in [0, 0.1) is 35.0 Å². The van der Waals surface area contributed by atoms with E-state index in [1.807, 2.05) is 37.3 Å². The van der Waals surface area contributed by atoms with Crippen molar-refractivity contribution in [2.45, 2.75) is 38.5 Å². The third-order valence-corrected chi connectivity index (χ3v) is 4.12. The van der Waals surface area contributed by atoms with Crippen LogP contribution in [0.3, 0.4) is 0 Å². The van der Waals surface area contributed by atoms with Gasteiger partial charge in [-0.05, 0) is 38.2 Å². The highest BCUT2D eigenvalue weighted by Gasteiger charge is 2.39. The van der Waals surface area contributed by atoms with E-state index in [-0.39, 0.29) is 5.92 Å². The maximum Gasteiger partial charge on any atom is 0.154 e. The van der Waals surface area contributed by atoms with Gasteiger partial charge < -0.3 is 0 Å². The van der Waals surface area contributed by atoms with Crippen LogP contribution in [0.4, 0.5) is 0 Å². The van der Waals surface area contributed by atoms with Crippen molar-refractivity contribution < 1.29 is 0 Å². The fourth-order valence-electron chi connectivity index (χ4n) is 2.76. The van der Waals surface area contributed by atoms with Gasteiger partial charge in [-0.15, -0.1) is 0 Å². The minimum absolute atomic E-state index is 0.0906. The van der Waals surface area contributed by atoms with E-state index in [0.29, 0.717) is 6.42 Å². The Morgan fingerprint density at radius 2 is 1.57 bits per heavy atom. The second kappa shape index (κ2) is 6.91. The van der Waals surface area contributed by atoms with Gasteiger partial charge in [-0.25, -0.2) is 0 Å². The first-order valence-corrected chi connectivity index (χ1v) is 7.41. The number of allylic oxidation sites excluding steroid dienone is 4. The number of hydrogen-bond donors (Lipinski definition) is 0. The molecule has 0 aromatic heterocycles. The van der Waals surface area contributed by atoms with Gasteiger partial charge in [0.15, 0.2) is 5.41 Å². The molecule has 2 nitrogen and oxygen atoms in total. The summed E-state index contributed by atoms with van der Waals surface area (Å²) < 4.78 is 0. The molecule has 0 aliphatic heterocycles. The van der Waals surface area contributed by atoms with Crippen LogP contribution >= 0.6 is 0 Å². The third-order valence-electron chi connectivity index (χ3n) is 4.12. The minimum Gasteiger partial charge on any atom is -0.197 e. The Hall–Kier alpha value is -2.32. The van der Waals surface area contributed by atoms with Crippen molar-refractivity contribution >= 4 is 0 Å². The molecule has 0 amide bonds. The number of nitrogens with zero attached hydrogens (tertiary/aromatic N) is 2.